The van der Waals surface area contributed by atoms with E-state index in [0.29, 0.717) is 19.4 Å². The first-order valence-corrected chi connectivity index (χ1v) is 3.44. The van der Waals surface area contributed by atoms with Gasteiger partial charge >= 0.3 is 0 Å². The standard InChI is InChI=1S/C7H15NO2/c8-4-1-7(2-5-9)3-6-10/h1,9-10H,2-6,8H2. The molecule has 0 saturated carbocycles. The molecule has 0 heterocycles. The summed E-state index contributed by atoms with van der Waals surface area (Å²) < 4.78 is 0. The Morgan fingerprint density at radius 1 is 1.20 bits per heavy atom. The Morgan fingerprint density at radius 3 is 2.00 bits per heavy atom. The molecule has 0 amide bonds. The third-order valence-electron chi connectivity index (χ3n) is 1.27. The number of hydrogen-bond donors (Lipinski definition) is 3. The normalized spacial score (nSPS) is 9.50. The van der Waals surface area contributed by atoms with Gasteiger partial charge in [-0.05, 0) is 12.8 Å². The van der Waals surface area contributed by atoms with Crippen LogP contribution < -0.4 is 5.73 Å². The molecule has 0 aromatic heterocycles. The van der Waals surface area contributed by atoms with Crippen molar-refractivity contribution in [3.8, 4) is 0 Å². The minimum Gasteiger partial charge on any atom is -0.396 e. The average Bonchev–Trinajstić information content (AvgIpc) is 1.90. The predicted molar refractivity (Wildman–Crippen MR) is 40.5 cm³/mol. The smallest absolute Gasteiger partial charge is 0.0468 e. The summed E-state index contributed by atoms with van der Waals surface area (Å²) in [5.41, 5.74) is 6.29. The van der Waals surface area contributed by atoms with E-state index in [1.54, 1.807) is 0 Å². The molecular weight excluding hydrogens is 130 g/mol. The number of aliphatic hydroxyl groups excluding tert-OH is 2. The molecule has 60 valence electrons. The van der Waals surface area contributed by atoms with Crippen LogP contribution in [-0.2, 0) is 0 Å². The molecule has 0 aromatic rings. The van der Waals surface area contributed by atoms with Crippen LogP contribution in [0.25, 0.3) is 0 Å². The van der Waals surface area contributed by atoms with E-state index in [1.807, 2.05) is 6.08 Å². The molecule has 0 radical (unpaired) electrons. The number of rotatable bonds is 5. The quantitative estimate of drug-likeness (QED) is 0.463. The van der Waals surface area contributed by atoms with E-state index in [2.05, 4.69) is 0 Å². The van der Waals surface area contributed by atoms with Gasteiger partial charge in [0.15, 0.2) is 0 Å². The van der Waals surface area contributed by atoms with Crippen molar-refractivity contribution < 1.29 is 10.2 Å². The lowest BCUT2D eigenvalue weighted by Crippen LogP contribution is -1.99. The van der Waals surface area contributed by atoms with Crippen LogP contribution >= 0.6 is 0 Å². The maximum Gasteiger partial charge on any atom is 0.0468 e. The zero-order chi connectivity index (χ0) is 7.82. The molecule has 0 unspecified atom stereocenters. The molecule has 0 bridgehead atoms. The van der Waals surface area contributed by atoms with Gasteiger partial charge in [-0.15, -0.1) is 0 Å². The number of hydrogen-bond acceptors (Lipinski definition) is 3. The van der Waals surface area contributed by atoms with Crippen LogP contribution in [0.3, 0.4) is 0 Å². The first-order valence-electron chi connectivity index (χ1n) is 3.44. The molecule has 0 fully saturated rings. The van der Waals surface area contributed by atoms with Crippen molar-refractivity contribution in [3.05, 3.63) is 11.6 Å². The largest absolute Gasteiger partial charge is 0.396 e. The van der Waals surface area contributed by atoms with Gasteiger partial charge in [-0.3, -0.25) is 0 Å². The predicted octanol–water partition coefficient (Wildman–Crippen LogP) is -0.364. The van der Waals surface area contributed by atoms with Gasteiger partial charge in [0.05, 0.1) is 0 Å². The van der Waals surface area contributed by atoms with Crippen LogP contribution in [0, 0.1) is 0 Å². The van der Waals surface area contributed by atoms with Gasteiger partial charge in [-0.1, -0.05) is 11.6 Å². The number of nitrogens with two attached hydrogens (primary N) is 1. The van der Waals surface area contributed by atoms with Crippen LogP contribution in [-0.4, -0.2) is 30.0 Å². The van der Waals surface area contributed by atoms with Gasteiger partial charge in [0.1, 0.15) is 0 Å². The summed E-state index contributed by atoms with van der Waals surface area (Å²) in [6.07, 6.45) is 3.09. The summed E-state index contributed by atoms with van der Waals surface area (Å²) in [7, 11) is 0. The third kappa shape index (κ3) is 4.49. The molecule has 0 aromatic carbocycles. The van der Waals surface area contributed by atoms with E-state index in [-0.39, 0.29) is 13.2 Å². The van der Waals surface area contributed by atoms with Crippen molar-refractivity contribution in [3.63, 3.8) is 0 Å². The Kier molecular flexibility index (Phi) is 6.48. The van der Waals surface area contributed by atoms with E-state index in [4.69, 9.17) is 15.9 Å². The zero-order valence-electron chi connectivity index (χ0n) is 6.08. The molecule has 4 N–H and O–H groups in total. The molecular formula is C7H15NO2. The van der Waals surface area contributed by atoms with Crippen molar-refractivity contribution in [2.45, 2.75) is 12.8 Å². The Balaban J connectivity index is 3.60. The molecule has 3 nitrogen and oxygen atoms in total. The average molecular weight is 145 g/mol. The van der Waals surface area contributed by atoms with Crippen LogP contribution in [0.2, 0.25) is 0 Å². The Morgan fingerprint density at radius 2 is 1.70 bits per heavy atom. The van der Waals surface area contributed by atoms with Crippen LogP contribution in [0.1, 0.15) is 12.8 Å². The zero-order valence-corrected chi connectivity index (χ0v) is 6.08. The van der Waals surface area contributed by atoms with E-state index in [1.165, 1.54) is 0 Å². The van der Waals surface area contributed by atoms with Crippen molar-refractivity contribution in [2.24, 2.45) is 5.73 Å². The Bertz CT molecular complexity index is 93.8. The summed E-state index contributed by atoms with van der Waals surface area (Å²) in [5, 5.41) is 17.1. The maximum atomic E-state index is 8.53. The second-order valence-corrected chi connectivity index (χ2v) is 2.05. The first kappa shape index (κ1) is 9.62. The highest BCUT2D eigenvalue weighted by atomic mass is 16.3. The van der Waals surface area contributed by atoms with E-state index < -0.39 is 0 Å². The van der Waals surface area contributed by atoms with Crippen LogP contribution in [0.4, 0.5) is 0 Å². The molecule has 0 aliphatic carbocycles. The summed E-state index contributed by atoms with van der Waals surface area (Å²) in [5.74, 6) is 0. The van der Waals surface area contributed by atoms with Gasteiger partial charge in [0.2, 0.25) is 0 Å². The van der Waals surface area contributed by atoms with Gasteiger partial charge < -0.3 is 15.9 Å². The van der Waals surface area contributed by atoms with Crippen molar-refractivity contribution in [1.82, 2.24) is 0 Å². The molecule has 10 heavy (non-hydrogen) atoms. The SMILES string of the molecule is NCC=C(CCO)CCO. The minimum atomic E-state index is 0.131. The van der Waals surface area contributed by atoms with E-state index >= 15 is 0 Å². The topological polar surface area (TPSA) is 66.5 Å². The Hall–Kier alpha value is -0.380. The van der Waals surface area contributed by atoms with Crippen molar-refractivity contribution >= 4 is 0 Å². The molecule has 0 aliphatic heterocycles. The molecule has 0 atom stereocenters. The summed E-state index contributed by atoms with van der Waals surface area (Å²) >= 11 is 0. The monoisotopic (exact) mass is 145 g/mol. The fourth-order valence-corrected chi connectivity index (χ4v) is 0.783. The molecule has 0 saturated heterocycles. The summed E-state index contributed by atoms with van der Waals surface area (Å²) in [6.45, 7) is 0.743. The van der Waals surface area contributed by atoms with Crippen LogP contribution in [0.5, 0.6) is 0 Å². The first-order chi connectivity index (χ1) is 4.85. The van der Waals surface area contributed by atoms with Gasteiger partial charge in [-0.25, -0.2) is 0 Å². The lowest BCUT2D eigenvalue weighted by Gasteiger charge is -2.01. The van der Waals surface area contributed by atoms with Gasteiger partial charge in [-0.2, -0.15) is 0 Å². The lowest BCUT2D eigenvalue weighted by molar-refractivity contribution is 0.280. The van der Waals surface area contributed by atoms with E-state index in [0.717, 1.165) is 5.57 Å². The van der Waals surface area contributed by atoms with E-state index in [9.17, 15) is 0 Å². The highest BCUT2D eigenvalue weighted by Gasteiger charge is 1.93. The highest BCUT2D eigenvalue weighted by molar-refractivity contribution is 5.02. The fraction of sp³-hybridized carbons (Fsp3) is 0.714. The fourth-order valence-electron chi connectivity index (χ4n) is 0.783. The number of aliphatic hydroxyl groups is 2. The third-order valence-corrected chi connectivity index (χ3v) is 1.27. The Labute approximate surface area is 61.2 Å². The lowest BCUT2D eigenvalue weighted by atomic mass is 10.1. The molecule has 0 rings (SSSR count). The second kappa shape index (κ2) is 6.74. The van der Waals surface area contributed by atoms with Crippen molar-refractivity contribution in [1.29, 1.82) is 0 Å². The van der Waals surface area contributed by atoms with Crippen LogP contribution in [0.15, 0.2) is 11.6 Å². The van der Waals surface area contributed by atoms with Gasteiger partial charge in [0, 0.05) is 19.8 Å². The van der Waals surface area contributed by atoms with Gasteiger partial charge in [0.25, 0.3) is 0 Å². The summed E-state index contributed by atoms with van der Waals surface area (Å²) in [4.78, 5) is 0. The minimum absolute atomic E-state index is 0.131. The maximum absolute atomic E-state index is 8.53. The molecule has 0 spiro atoms. The second-order valence-electron chi connectivity index (χ2n) is 2.05. The highest BCUT2D eigenvalue weighted by Crippen LogP contribution is 2.03. The molecule has 3 heteroatoms. The molecule has 0 aliphatic rings. The van der Waals surface area contributed by atoms with Crippen molar-refractivity contribution in [2.75, 3.05) is 19.8 Å². The summed E-state index contributed by atoms with van der Waals surface area (Å²) in [6, 6.07) is 0.